The Morgan fingerprint density at radius 2 is 2.06 bits per heavy atom. The van der Waals surface area contributed by atoms with E-state index in [1.54, 1.807) is 0 Å². The number of halogens is 1. The minimum absolute atomic E-state index is 0. The lowest BCUT2D eigenvalue weighted by molar-refractivity contribution is -0.385. The number of rotatable bonds is 4. The molecule has 6 nitrogen and oxygen atoms in total. The summed E-state index contributed by atoms with van der Waals surface area (Å²) in [7, 11) is 0. The molecule has 1 aromatic rings. The van der Waals surface area contributed by atoms with Crippen molar-refractivity contribution >= 4 is 18.1 Å². The van der Waals surface area contributed by atoms with Crippen LogP contribution < -0.4 is 5.73 Å². The van der Waals surface area contributed by atoms with Crippen LogP contribution in [-0.2, 0) is 0 Å². The highest BCUT2D eigenvalue weighted by Gasteiger charge is 2.36. The molecule has 7 heteroatoms. The first kappa shape index (κ1) is 14.7. The van der Waals surface area contributed by atoms with E-state index >= 15 is 0 Å². The third-order valence-corrected chi connectivity index (χ3v) is 3.04. The van der Waals surface area contributed by atoms with Crippen LogP contribution in [0.4, 0.5) is 5.69 Å². The maximum Gasteiger partial charge on any atom is 0.274 e. The van der Waals surface area contributed by atoms with E-state index in [0.717, 1.165) is 12.8 Å². The maximum absolute atomic E-state index is 10.8. The van der Waals surface area contributed by atoms with Crippen LogP contribution in [0.15, 0.2) is 18.2 Å². The van der Waals surface area contributed by atoms with Gasteiger partial charge < -0.3 is 15.9 Å². The number of hydrogen-bond donors (Lipinski definition) is 3. The molecule has 1 aliphatic rings. The zero-order valence-electron chi connectivity index (χ0n) is 9.52. The van der Waals surface area contributed by atoms with Gasteiger partial charge in [-0.1, -0.05) is 0 Å². The monoisotopic (exact) mass is 274 g/mol. The van der Waals surface area contributed by atoms with Gasteiger partial charge in [-0.3, -0.25) is 10.1 Å². The van der Waals surface area contributed by atoms with Gasteiger partial charge in [0, 0.05) is 6.07 Å². The molecule has 0 saturated heterocycles. The minimum atomic E-state index is -0.838. The number of aromatic hydroxyl groups is 1. The third-order valence-electron chi connectivity index (χ3n) is 3.04. The van der Waals surface area contributed by atoms with Crippen LogP contribution in [0.1, 0.15) is 24.4 Å². The maximum atomic E-state index is 10.8. The highest BCUT2D eigenvalue weighted by atomic mass is 35.5. The molecule has 0 spiro atoms. The summed E-state index contributed by atoms with van der Waals surface area (Å²) in [5, 5.41) is 30.1. The Morgan fingerprint density at radius 3 is 2.56 bits per heavy atom. The van der Waals surface area contributed by atoms with Crippen molar-refractivity contribution in [1.29, 1.82) is 0 Å². The molecule has 0 radical (unpaired) electrons. The normalized spacial score (nSPS) is 17.7. The molecule has 100 valence electrons. The molecule has 1 aliphatic carbocycles. The van der Waals surface area contributed by atoms with E-state index in [2.05, 4.69) is 0 Å². The summed E-state index contributed by atoms with van der Waals surface area (Å²) in [5.74, 6) is 0.0241. The predicted molar refractivity (Wildman–Crippen MR) is 67.7 cm³/mol. The van der Waals surface area contributed by atoms with E-state index in [1.807, 2.05) is 0 Å². The number of aliphatic hydroxyl groups is 1. The molecule has 18 heavy (non-hydrogen) atoms. The second-order valence-electron chi connectivity index (χ2n) is 4.35. The van der Waals surface area contributed by atoms with Crippen LogP contribution in [0.5, 0.6) is 5.75 Å². The second kappa shape index (κ2) is 5.51. The summed E-state index contributed by atoms with van der Waals surface area (Å²) in [6.07, 6.45) is 0.985. The lowest BCUT2D eigenvalue weighted by Crippen LogP contribution is -2.28. The fourth-order valence-corrected chi connectivity index (χ4v) is 1.89. The Bertz CT molecular complexity index is 451. The first-order valence-corrected chi connectivity index (χ1v) is 5.41. The van der Waals surface area contributed by atoms with E-state index in [9.17, 15) is 20.3 Å². The molecule has 0 heterocycles. The molecule has 0 aromatic heterocycles. The van der Waals surface area contributed by atoms with Crippen molar-refractivity contribution in [2.75, 3.05) is 0 Å². The van der Waals surface area contributed by atoms with Gasteiger partial charge in [0.15, 0.2) is 0 Å². The zero-order chi connectivity index (χ0) is 12.6. The van der Waals surface area contributed by atoms with E-state index in [-0.39, 0.29) is 35.3 Å². The number of benzene rings is 1. The van der Waals surface area contributed by atoms with E-state index in [0.29, 0.717) is 0 Å². The Hall–Kier alpha value is -1.37. The fraction of sp³-hybridized carbons (Fsp3) is 0.455. The molecule has 1 aromatic carbocycles. The standard InChI is InChI=1S/C11H14N2O4.ClH/c12-10(11(15)6-1-2-6)8-5-7(14)3-4-9(8)13(16)17;/h3-6,10-11,14-15H,1-2,12H2;1H/t10-,11+;/m1./s1. The van der Waals surface area contributed by atoms with Crippen LogP contribution in [-0.4, -0.2) is 21.2 Å². The second-order valence-corrected chi connectivity index (χ2v) is 4.35. The first-order valence-electron chi connectivity index (χ1n) is 5.41. The van der Waals surface area contributed by atoms with E-state index < -0.39 is 17.1 Å². The number of hydrogen-bond acceptors (Lipinski definition) is 5. The van der Waals surface area contributed by atoms with Crippen LogP contribution in [0, 0.1) is 16.0 Å². The summed E-state index contributed by atoms with van der Waals surface area (Å²) < 4.78 is 0. The van der Waals surface area contributed by atoms with Gasteiger partial charge in [-0.2, -0.15) is 0 Å². The Kier molecular flexibility index (Phi) is 4.50. The average Bonchev–Trinajstić information content (AvgIpc) is 3.10. The molecule has 0 amide bonds. The predicted octanol–water partition coefficient (Wildman–Crippen LogP) is 1.49. The SMILES string of the molecule is Cl.N[C@H](c1cc(O)ccc1[N+](=O)[O-])[C@@H](O)C1CC1. The third kappa shape index (κ3) is 2.90. The van der Waals surface area contributed by atoms with Gasteiger partial charge in [0.2, 0.25) is 0 Å². The largest absolute Gasteiger partial charge is 0.508 e. The van der Waals surface area contributed by atoms with Gasteiger partial charge >= 0.3 is 0 Å². The van der Waals surface area contributed by atoms with Crippen molar-refractivity contribution < 1.29 is 15.1 Å². The van der Waals surface area contributed by atoms with Crippen molar-refractivity contribution in [3.63, 3.8) is 0 Å². The van der Waals surface area contributed by atoms with Crippen LogP contribution in [0.2, 0.25) is 0 Å². The summed E-state index contributed by atoms with van der Waals surface area (Å²) in [5.41, 5.74) is 5.83. The fourth-order valence-electron chi connectivity index (χ4n) is 1.89. The number of aliphatic hydroxyl groups excluding tert-OH is 1. The van der Waals surface area contributed by atoms with Gasteiger partial charge in [-0.05, 0) is 30.9 Å². The summed E-state index contributed by atoms with van der Waals surface area (Å²) in [6, 6.07) is 2.84. The van der Waals surface area contributed by atoms with Crippen LogP contribution in [0.3, 0.4) is 0 Å². The molecule has 2 atom stereocenters. The topological polar surface area (TPSA) is 110 Å². The number of phenolic OH excluding ortho intramolecular Hbond substituents is 1. The lowest BCUT2D eigenvalue weighted by Gasteiger charge is -2.18. The number of phenols is 1. The van der Waals surface area contributed by atoms with E-state index in [1.165, 1.54) is 18.2 Å². The van der Waals surface area contributed by atoms with Gasteiger partial charge in [0.25, 0.3) is 5.69 Å². The molecular formula is C11H15ClN2O4. The van der Waals surface area contributed by atoms with Crippen molar-refractivity contribution in [3.8, 4) is 5.75 Å². The summed E-state index contributed by atoms with van der Waals surface area (Å²) in [6.45, 7) is 0. The molecular weight excluding hydrogens is 260 g/mol. The van der Waals surface area contributed by atoms with Gasteiger partial charge in [0.05, 0.1) is 22.6 Å². The smallest absolute Gasteiger partial charge is 0.274 e. The van der Waals surface area contributed by atoms with Crippen molar-refractivity contribution in [1.82, 2.24) is 0 Å². The highest BCUT2D eigenvalue weighted by molar-refractivity contribution is 5.85. The molecule has 2 rings (SSSR count). The number of nitro benzene ring substituents is 1. The Morgan fingerprint density at radius 1 is 1.44 bits per heavy atom. The molecule has 0 unspecified atom stereocenters. The van der Waals surface area contributed by atoms with Crippen LogP contribution >= 0.6 is 12.4 Å². The summed E-state index contributed by atoms with van der Waals surface area (Å²) >= 11 is 0. The van der Waals surface area contributed by atoms with Crippen molar-refractivity contribution in [2.45, 2.75) is 25.0 Å². The first-order chi connectivity index (χ1) is 8.00. The molecule has 0 aliphatic heterocycles. The van der Waals surface area contributed by atoms with Gasteiger partial charge in [-0.25, -0.2) is 0 Å². The number of nitrogens with zero attached hydrogens (tertiary/aromatic N) is 1. The van der Waals surface area contributed by atoms with Gasteiger partial charge in [0.1, 0.15) is 5.75 Å². The van der Waals surface area contributed by atoms with E-state index in [4.69, 9.17) is 5.73 Å². The van der Waals surface area contributed by atoms with Crippen molar-refractivity contribution in [3.05, 3.63) is 33.9 Å². The number of nitro groups is 1. The Labute approximate surface area is 110 Å². The molecule has 1 fully saturated rings. The Balaban J connectivity index is 0.00000162. The molecule has 4 N–H and O–H groups in total. The average molecular weight is 275 g/mol. The molecule has 0 bridgehead atoms. The zero-order valence-corrected chi connectivity index (χ0v) is 10.3. The summed E-state index contributed by atoms with van der Waals surface area (Å²) in [4.78, 5) is 10.3. The van der Waals surface area contributed by atoms with Crippen molar-refractivity contribution in [2.24, 2.45) is 11.7 Å². The van der Waals surface area contributed by atoms with Gasteiger partial charge in [-0.15, -0.1) is 12.4 Å². The molecule has 1 saturated carbocycles. The highest BCUT2D eigenvalue weighted by Crippen LogP contribution is 2.39. The minimum Gasteiger partial charge on any atom is -0.508 e. The quantitative estimate of drug-likeness (QED) is 0.569. The van der Waals surface area contributed by atoms with Crippen LogP contribution in [0.25, 0.3) is 0 Å². The lowest BCUT2D eigenvalue weighted by atomic mass is 9.97. The number of nitrogens with two attached hydrogens (primary N) is 1.